The highest BCUT2D eigenvalue weighted by atomic mass is 35.5. The molecule has 4 nitrogen and oxygen atoms in total. The number of phenols is 1. The molecule has 0 spiro atoms. The van der Waals surface area contributed by atoms with Gasteiger partial charge in [-0.05, 0) is 19.9 Å². The van der Waals surface area contributed by atoms with E-state index in [1.54, 1.807) is 12.1 Å². The summed E-state index contributed by atoms with van der Waals surface area (Å²) in [6.45, 7) is 6.44. The van der Waals surface area contributed by atoms with Gasteiger partial charge in [0.15, 0.2) is 11.5 Å². The first-order valence-electron chi connectivity index (χ1n) is 6.42. The Bertz CT molecular complexity index is 443. The van der Waals surface area contributed by atoms with E-state index in [1.807, 2.05) is 0 Å². The molecule has 0 radical (unpaired) electrons. The van der Waals surface area contributed by atoms with Crippen LogP contribution in [0.5, 0.6) is 11.5 Å². The quantitative estimate of drug-likeness (QED) is 0.927. The van der Waals surface area contributed by atoms with Crippen molar-refractivity contribution in [3.8, 4) is 11.5 Å². The fourth-order valence-electron chi connectivity index (χ4n) is 2.56. The van der Waals surface area contributed by atoms with Gasteiger partial charge in [0.25, 0.3) is 0 Å². The highest BCUT2D eigenvalue weighted by Gasteiger charge is 2.23. The van der Waals surface area contributed by atoms with E-state index in [-0.39, 0.29) is 18.0 Å². The van der Waals surface area contributed by atoms with Gasteiger partial charge in [-0.25, -0.2) is 0 Å². The molecule has 106 valence electrons. The molecule has 0 aliphatic carbocycles. The Balaban J connectivity index is 2.16. The molecule has 0 aromatic heterocycles. The Kier molecular flexibility index (Phi) is 4.55. The van der Waals surface area contributed by atoms with E-state index in [9.17, 15) is 5.11 Å². The average molecular weight is 286 g/mol. The third kappa shape index (κ3) is 3.53. The Hall–Kier alpha value is -0.970. The van der Waals surface area contributed by atoms with Crippen molar-refractivity contribution in [2.75, 3.05) is 20.2 Å². The number of morpholine rings is 1. The molecule has 0 saturated carbocycles. The standard InChI is InChI=1S/C14H20ClNO3/c1-9-6-16(7-10(2)19-9)8-11-4-12(15)5-13(18-3)14(11)17/h4-5,9-10,17H,6-8H2,1-3H3/t9-,10+. The van der Waals surface area contributed by atoms with E-state index in [1.165, 1.54) is 7.11 Å². The number of nitrogens with zero attached hydrogens (tertiary/aromatic N) is 1. The van der Waals surface area contributed by atoms with Gasteiger partial charge in [-0.2, -0.15) is 0 Å². The Morgan fingerprint density at radius 2 is 2.00 bits per heavy atom. The minimum absolute atomic E-state index is 0.165. The fraction of sp³-hybridized carbons (Fsp3) is 0.571. The van der Waals surface area contributed by atoms with Gasteiger partial charge < -0.3 is 14.6 Å². The molecular formula is C14H20ClNO3. The minimum atomic E-state index is 0.165. The van der Waals surface area contributed by atoms with Crippen LogP contribution in [0.1, 0.15) is 19.4 Å². The molecule has 19 heavy (non-hydrogen) atoms. The number of aromatic hydroxyl groups is 1. The van der Waals surface area contributed by atoms with E-state index < -0.39 is 0 Å². The summed E-state index contributed by atoms with van der Waals surface area (Å²) in [4.78, 5) is 2.25. The molecule has 2 atom stereocenters. The number of hydrogen-bond acceptors (Lipinski definition) is 4. The third-order valence-electron chi connectivity index (χ3n) is 3.23. The minimum Gasteiger partial charge on any atom is -0.504 e. The summed E-state index contributed by atoms with van der Waals surface area (Å²) >= 11 is 6.04. The zero-order valence-electron chi connectivity index (χ0n) is 11.5. The number of ether oxygens (including phenoxy) is 2. The number of hydrogen-bond donors (Lipinski definition) is 1. The maximum absolute atomic E-state index is 10.1. The van der Waals surface area contributed by atoms with Crippen LogP contribution in [-0.4, -0.2) is 42.4 Å². The smallest absolute Gasteiger partial charge is 0.162 e. The molecule has 1 N–H and O–H groups in total. The summed E-state index contributed by atoms with van der Waals surface area (Å²) in [6.07, 6.45) is 0.402. The SMILES string of the molecule is COc1cc(Cl)cc(CN2C[C@@H](C)O[C@@H](C)C2)c1O. The van der Waals surface area contributed by atoms with E-state index >= 15 is 0 Å². The Morgan fingerprint density at radius 3 is 2.58 bits per heavy atom. The van der Waals surface area contributed by atoms with Gasteiger partial charge in [0.1, 0.15) is 0 Å². The van der Waals surface area contributed by atoms with Crippen molar-refractivity contribution in [1.29, 1.82) is 0 Å². The molecule has 1 fully saturated rings. The van der Waals surface area contributed by atoms with Crippen LogP contribution in [0.25, 0.3) is 0 Å². The largest absolute Gasteiger partial charge is 0.504 e. The van der Waals surface area contributed by atoms with Gasteiger partial charge in [0, 0.05) is 36.3 Å². The van der Waals surface area contributed by atoms with E-state index in [2.05, 4.69) is 18.7 Å². The lowest BCUT2D eigenvalue weighted by atomic mass is 10.1. The van der Waals surface area contributed by atoms with Gasteiger partial charge in [-0.1, -0.05) is 11.6 Å². The topological polar surface area (TPSA) is 41.9 Å². The summed E-state index contributed by atoms with van der Waals surface area (Å²) in [6, 6.07) is 3.40. The molecule has 1 heterocycles. The highest BCUT2D eigenvalue weighted by molar-refractivity contribution is 6.30. The second-order valence-corrected chi connectivity index (χ2v) is 5.50. The molecule has 1 aromatic carbocycles. The monoisotopic (exact) mass is 285 g/mol. The summed E-state index contributed by atoms with van der Waals surface area (Å²) in [5, 5.41) is 10.7. The molecule has 1 saturated heterocycles. The zero-order valence-corrected chi connectivity index (χ0v) is 12.3. The van der Waals surface area contributed by atoms with Gasteiger partial charge in [-0.3, -0.25) is 4.90 Å². The number of benzene rings is 1. The van der Waals surface area contributed by atoms with Crippen molar-refractivity contribution in [2.45, 2.75) is 32.6 Å². The Morgan fingerprint density at radius 1 is 1.37 bits per heavy atom. The van der Waals surface area contributed by atoms with Gasteiger partial charge in [-0.15, -0.1) is 0 Å². The first-order valence-corrected chi connectivity index (χ1v) is 6.80. The van der Waals surface area contributed by atoms with Crippen LogP contribution in [0.15, 0.2) is 12.1 Å². The fourth-order valence-corrected chi connectivity index (χ4v) is 2.79. The summed E-state index contributed by atoms with van der Waals surface area (Å²) in [5.74, 6) is 0.579. The lowest BCUT2D eigenvalue weighted by molar-refractivity contribution is -0.0706. The third-order valence-corrected chi connectivity index (χ3v) is 3.45. The highest BCUT2D eigenvalue weighted by Crippen LogP contribution is 2.34. The average Bonchev–Trinajstić information content (AvgIpc) is 2.32. The van der Waals surface area contributed by atoms with Crippen molar-refractivity contribution in [2.24, 2.45) is 0 Å². The number of halogens is 1. The summed E-state index contributed by atoms with van der Waals surface area (Å²) < 4.78 is 10.8. The van der Waals surface area contributed by atoms with E-state index in [0.29, 0.717) is 17.3 Å². The van der Waals surface area contributed by atoms with Crippen LogP contribution in [0.4, 0.5) is 0 Å². The second kappa shape index (κ2) is 5.99. The van der Waals surface area contributed by atoms with Gasteiger partial charge >= 0.3 is 0 Å². The number of phenolic OH excluding ortho intramolecular Hbond substituents is 1. The lowest BCUT2D eigenvalue weighted by Crippen LogP contribution is -2.44. The zero-order chi connectivity index (χ0) is 14.0. The first-order chi connectivity index (χ1) is 8.99. The predicted octanol–water partition coefficient (Wildman–Crippen LogP) is 2.66. The maximum atomic E-state index is 10.1. The van der Waals surface area contributed by atoms with Crippen molar-refractivity contribution < 1.29 is 14.6 Å². The molecule has 2 rings (SSSR count). The van der Waals surface area contributed by atoms with Crippen molar-refractivity contribution in [3.63, 3.8) is 0 Å². The maximum Gasteiger partial charge on any atom is 0.162 e. The van der Waals surface area contributed by atoms with Crippen LogP contribution in [-0.2, 0) is 11.3 Å². The number of rotatable bonds is 3. The molecule has 1 aliphatic heterocycles. The van der Waals surface area contributed by atoms with Crippen LogP contribution in [0.3, 0.4) is 0 Å². The molecule has 0 bridgehead atoms. The molecule has 0 amide bonds. The van der Waals surface area contributed by atoms with Crippen molar-refractivity contribution in [1.82, 2.24) is 4.90 Å². The van der Waals surface area contributed by atoms with Crippen LogP contribution in [0.2, 0.25) is 5.02 Å². The van der Waals surface area contributed by atoms with Crippen molar-refractivity contribution >= 4 is 11.6 Å². The predicted molar refractivity (Wildman–Crippen MR) is 75.0 cm³/mol. The number of methoxy groups -OCH3 is 1. The molecule has 5 heteroatoms. The van der Waals surface area contributed by atoms with E-state index in [0.717, 1.165) is 18.7 Å². The van der Waals surface area contributed by atoms with Crippen molar-refractivity contribution in [3.05, 3.63) is 22.7 Å². The van der Waals surface area contributed by atoms with Gasteiger partial charge in [0.2, 0.25) is 0 Å². The lowest BCUT2D eigenvalue weighted by Gasteiger charge is -2.35. The second-order valence-electron chi connectivity index (χ2n) is 5.07. The van der Waals surface area contributed by atoms with Crippen LogP contribution in [0, 0.1) is 0 Å². The molecule has 0 unspecified atom stereocenters. The van der Waals surface area contributed by atoms with Crippen LogP contribution < -0.4 is 4.74 Å². The first kappa shape index (κ1) is 14.4. The molecule has 1 aromatic rings. The molecular weight excluding hydrogens is 266 g/mol. The molecule has 1 aliphatic rings. The normalized spacial score (nSPS) is 24.4. The van der Waals surface area contributed by atoms with E-state index in [4.69, 9.17) is 21.1 Å². The van der Waals surface area contributed by atoms with Crippen LogP contribution >= 0.6 is 11.6 Å². The van der Waals surface area contributed by atoms with Gasteiger partial charge in [0.05, 0.1) is 19.3 Å². The summed E-state index contributed by atoms with van der Waals surface area (Å²) in [5.41, 5.74) is 0.783. The summed E-state index contributed by atoms with van der Waals surface area (Å²) in [7, 11) is 1.52. The Labute approximate surface area is 118 Å².